The van der Waals surface area contributed by atoms with E-state index in [9.17, 15) is 19.3 Å². The van der Waals surface area contributed by atoms with Crippen LogP contribution in [-0.2, 0) is 0 Å². The maximum absolute atomic E-state index is 12.9. The fraction of sp³-hybridized carbons (Fsp3) is 0. The average molecular weight is 311 g/mol. The molecule has 6 nitrogen and oxygen atoms in total. The first-order valence-electron chi connectivity index (χ1n) is 6.65. The summed E-state index contributed by atoms with van der Waals surface area (Å²) >= 11 is 0. The molecule has 3 rings (SSSR count). The number of nitro benzene ring substituents is 1. The molecule has 7 heteroatoms. The number of carbonyl (C=O) groups is 1. The number of anilines is 1. The number of carbonyl (C=O) groups excluding carboxylic acids is 1. The van der Waals surface area contributed by atoms with Crippen molar-refractivity contribution < 1.29 is 14.1 Å². The maximum atomic E-state index is 12.9. The van der Waals surface area contributed by atoms with Gasteiger partial charge in [-0.05, 0) is 42.5 Å². The van der Waals surface area contributed by atoms with Gasteiger partial charge in [-0.25, -0.2) is 4.39 Å². The van der Waals surface area contributed by atoms with E-state index in [0.29, 0.717) is 16.6 Å². The Balaban J connectivity index is 2.00. The maximum Gasteiger partial charge on any atom is 0.278 e. The highest BCUT2D eigenvalue weighted by Crippen LogP contribution is 2.29. The molecule has 114 valence electrons. The second-order valence-electron chi connectivity index (χ2n) is 4.75. The summed E-state index contributed by atoms with van der Waals surface area (Å²) in [7, 11) is 0. The standard InChI is InChI=1S/C16H10FN3O3/c17-11-5-3-10(4-6-11)16(21)19-13-7-8-14(20(22)23)12-2-1-9-18-15(12)13/h1-9H,(H,19,21). The predicted octanol–water partition coefficient (Wildman–Crippen LogP) is 3.53. The quantitative estimate of drug-likeness (QED) is 0.592. The van der Waals surface area contributed by atoms with Crippen LogP contribution in [0.3, 0.4) is 0 Å². The number of hydrogen-bond acceptors (Lipinski definition) is 4. The van der Waals surface area contributed by atoms with E-state index in [2.05, 4.69) is 10.3 Å². The van der Waals surface area contributed by atoms with E-state index in [1.54, 1.807) is 12.1 Å². The van der Waals surface area contributed by atoms with Crippen LogP contribution in [0.4, 0.5) is 15.8 Å². The summed E-state index contributed by atoms with van der Waals surface area (Å²) in [6, 6.07) is 11.0. The van der Waals surface area contributed by atoms with Crippen LogP contribution in [-0.4, -0.2) is 15.8 Å². The molecule has 0 unspecified atom stereocenters. The minimum absolute atomic E-state index is 0.0899. The number of non-ortho nitro benzene ring substituents is 1. The molecule has 0 aliphatic carbocycles. The van der Waals surface area contributed by atoms with E-state index in [0.717, 1.165) is 0 Å². The summed E-state index contributed by atoms with van der Waals surface area (Å²) in [5.74, 6) is -0.894. The third-order valence-corrected chi connectivity index (χ3v) is 3.30. The number of benzene rings is 2. The van der Waals surface area contributed by atoms with E-state index in [-0.39, 0.29) is 11.3 Å². The second kappa shape index (κ2) is 5.80. The molecular weight excluding hydrogens is 301 g/mol. The lowest BCUT2D eigenvalue weighted by molar-refractivity contribution is -0.383. The first kappa shape index (κ1) is 14.6. The number of amides is 1. The molecule has 0 aliphatic rings. The van der Waals surface area contributed by atoms with Crippen LogP contribution in [0.15, 0.2) is 54.7 Å². The number of nitro groups is 1. The lowest BCUT2D eigenvalue weighted by atomic mass is 10.1. The normalized spacial score (nSPS) is 10.5. The Kier molecular flexibility index (Phi) is 3.68. The van der Waals surface area contributed by atoms with E-state index < -0.39 is 16.6 Å². The van der Waals surface area contributed by atoms with Gasteiger partial charge in [0.25, 0.3) is 11.6 Å². The number of rotatable bonds is 3. The molecule has 1 heterocycles. The first-order valence-corrected chi connectivity index (χ1v) is 6.65. The molecule has 1 aromatic heterocycles. The summed E-state index contributed by atoms with van der Waals surface area (Å²) in [6.45, 7) is 0. The predicted molar refractivity (Wildman–Crippen MR) is 82.8 cm³/mol. The number of aromatic nitrogens is 1. The smallest absolute Gasteiger partial charge is 0.278 e. The number of fused-ring (bicyclic) bond motifs is 1. The lowest BCUT2D eigenvalue weighted by Gasteiger charge is -2.08. The Labute approximate surface area is 129 Å². The van der Waals surface area contributed by atoms with Crippen LogP contribution in [0.5, 0.6) is 0 Å². The molecule has 0 atom stereocenters. The third-order valence-electron chi connectivity index (χ3n) is 3.30. The fourth-order valence-corrected chi connectivity index (χ4v) is 2.21. The fourth-order valence-electron chi connectivity index (χ4n) is 2.21. The highest BCUT2D eigenvalue weighted by atomic mass is 19.1. The molecule has 0 aliphatic heterocycles. The van der Waals surface area contributed by atoms with Crippen molar-refractivity contribution in [3.8, 4) is 0 Å². The number of pyridine rings is 1. The molecule has 0 fully saturated rings. The van der Waals surface area contributed by atoms with Gasteiger partial charge < -0.3 is 5.32 Å². The minimum Gasteiger partial charge on any atom is -0.320 e. The Bertz CT molecular complexity index is 910. The van der Waals surface area contributed by atoms with Gasteiger partial charge in [-0.2, -0.15) is 0 Å². The molecule has 1 N–H and O–H groups in total. The highest BCUT2D eigenvalue weighted by molar-refractivity contribution is 6.09. The molecule has 2 aromatic carbocycles. The Hall–Kier alpha value is -3.35. The third kappa shape index (κ3) is 2.84. The zero-order chi connectivity index (χ0) is 16.4. The second-order valence-corrected chi connectivity index (χ2v) is 4.75. The SMILES string of the molecule is O=C(Nc1ccc([N+](=O)[O-])c2cccnc12)c1ccc(F)cc1. The zero-order valence-electron chi connectivity index (χ0n) is 11.7. The molecule has 0 bridgehead atoms. The lowest BCUT2D eigenvalue weighted by Crippen LogP contribution is -2.12. The van der Waals surface area contributed by atoms with Crippen molar-refractivity contribution in [2.75, 3.05) is 5.32 Å². The molecule has 0 saturated heterocycles. The van der Waals surface area contributed by atoms with Crippen LogP contribution in [0.1, 0.15) is 10.4 Å². The summed E-state index contributed by atoms with van der Waals surface area (Å²) < 4.78 is 12.9. The molecule has 3 aromatic rings. The topological polar surface area (TPSA) is 85.1 Å². The molecule has 1 amide bonds. The van der Waals surface area contributed by atoms with Gasteiger partial charge in [0, 0.05) is 17.8 Å². The minimum atomic E-state index is -0.504. The van der Waals surface area contributed by atoms with Crippen molar-refractivity contribution in [3.05, 3.63) is 76.2 Å². The van der Waals surface area contributed by atoms with Gasteiger partial charge in [0.15, 0.2) is 0 Å². The average Bonchev–Trinajstić information content (AvgIpc) is 2.55. The summed E-state index contributed by atoms with van der Waals surface area (Å²) in [5.41, 5.74) is 0.847. The van der Waals surface area contributed by atoms with E-state index in [4.69, 9.17) is 0 Å². The number of nitrogens with one attached hydrogen (secondary N) is 1. The zero-order valence-corrected chi connectivity index (χ0v) is 11.7. The summed E-state index contributed by atoms with van der Waals surface area (Å²) in [4.78, 5) is 26.9. The van der Waals surface area contributed by atoms with Crippen molar-refractivity contribution in [3.63, 3.8) is 0 Å². The summed E-state index contributed by atoms with van der Waals surface area (Å²) in [5, 5.41) is 14.0. The van der Waals surface area contributed by atoms with E-state index >= 15 is 0 Å². The van der Waals surface area contributed by atoms with E-state index in [1.165, 1.54) is 42.6 Å². The van der Waals surface area contributed by atoms with Crippen LogP contribution in [0.2, 0.25) is 0 Å². The molecule has 0 radical (unpaired) electrons. The molecular formula is C16H10FN3O3. The van der Waals surface area contributed by atoms with Crippen LogP contribution >= 0.6 is 0 Å². The van der Waals surface area contributed by atoms with Crippen molar-refractivity contribution >= 4 is 28.2 Å². The highest BCUT2D eigenvalue weighted by Gasteiger charge is 2.16. The van der Waals surface area contributed by atoms with Crippen molar-refractivity contribution in [1.29, 1.82) is 0 Å². The van der Waals surface area contributed by atoms with Crippen molar-refractivity contribution in [2.45, 2.75) is 0 Å². The van der Waals surface area contributed by atoms with Crippen molar-refractivity contribution in [2.24, 2.45) is 0 Å². The Morgan fingerprint density at radius 2 is 1.87 bits per heavy atom. The van der Waals surface area contributed by atoms with Gasteiger partial charge in [-0.1, -0.05) is 0 Å². The van der Waals surface area contributed by atoms with Crippen molar-refractivity contribution in [1.82, 2.24) is 4.98 Å². The monoisotopic (exact) mass is 311 g/mol. The summed E-state index contributed by atoms with van der Waals surface area (Å²) in [6.07, 6.45) is 1.49. The van der Waals surface area contributed by atoms with Gasteiger partial charge in [0.05, 0.1) is 16.0 Å². The van der Waals surface area contributed by atoms with Gasteiger partial charge in [0.1, 0.15) is 11.3 Å². The first-order chi connectivity index (χ1) is 11.1. The van der Waals surface area contributed by atoms with Gasteiger partial charge in [0.2, 0.25) is 0 Å². The Morgan fingerprint density at radius 3 is 2.57 bits per heavy atom. The van der Waals surface area contributed by atoms with Crippen LogP contribution in [0, 0.1) is 15.9 Å². The molecule has 23 heavy (non-hydrogen) atoms. The van der Waals surface area contributed by atoms with Gasteiger partial charge in [-0.15, -0.1) is 0 Å². The van der Waals surface area contributed by atoms with E-state index in [1.807, 2.05) is 0 Å². The largest absolute Gasteiger partial charge is 0.320 e. The number of halogens is 1. The van der Waals surface area contributed by atoms with Crippen LogP contribution < -0.4 is 5.32 Å². The van der Waals surface area contributed by atoms with Gasteiger partial charge >= 0.3 is 0 Å². The van der Waals surface area contributed by atoms with Gasteiger partial charge in [-0.3, -0.25) is 19.9 Å². The number of hydrogen-bond donors (Lipinski definition) is 1. The number of nitrogens with zero attached hydrogens (tertiary/aromatic N) is 2. The van der Waals surface area contributed by atoms with Crippen LogP contribution in [0.25, 0.3) is 10.9 Å². The molecule has 0 spiro atoms. The Morgan fingerprint density at radius 1 is 1.13 bits per heavy atom. The molecule has 0 saturated carbocycles.